The van der Waals surface area contributed by atoms with Crippen molar-refractivity contribution in [2.75, 3.05) is 20.2 Å². The van der Waals surface area contributed by atoms with Crippen molar-refractivity contribution in [1.82, 2.24) is 10.6 Å². The van der Waals surface area contributed by atoms with Crippen molar-refractivity contribution < 1.29 is 4.74 Å². The van der Waals surface area contributed by atoms with Gasteiger partial charge in [0.15, 0.2) is 5.96 Å². The summed E-state index contributed by atoms with van der Waals surface area (Å²) in [7, 11) is 1.79. The summed E-state index contributed by atoms with van der Waals surface area (Å²) in [5.74, 6) is 0.974. The number of aliphatic imine (C=N–C) groups is 1. The molecular weight excluding hydrogens is 166 g/mol. The Kier molecular flexibility index (Phi) is 2.68. The highest BCUT2D eigenvalue weighted by molar-refractivity contribution is 5.81. The fourth-order valence-electron chi connectivity index (χ4n) is 1.97. The molecule has 2 aliphatic rings. The summed E-state index contributed by atoms with van der Waals surface area (Å²) in [5.41, 5.74) is 0. The van der Waals surface area contributed by atoms with E-state index < -0.39 is 0 Å². The van der Waals surface area contributed by atoms with Crippen molar-refractivity contribution in [3.8, 4) is 0 Å². The third-order valence-electron chi connectivity index (χ3n) is 2.73. The highest BCUT2D eigenvalue weighted by Gasteiger charge is 2.25. The number of methoxy groups -OCH3 is 1. The lowest BCUT2D eigenvalue weighted by Crippen LogP contribution is -2.40. The molecule has 2 unspecified atom stereocenters. The van der Waals surface area contributed by atoms with Crippen LogP contribution in [0.25, 0.3) is 0 Å². The minimum Gasteiger partial charge on any atom is -0.381 e. The molecule has 13 heavy (non-hydrogen) atoms. The molecule has 1 aliphatic carbocycles. The Bertz CT molecular complexity index is 205. The normalized spacial score (nSPS) is 32.8. The molecule has 0 aromatic carbocycles. The molecule has 0 amide bonds. The van der Waals surface area contributed by atoms with E-state index in [1.165, 1.54) is 12.8 Å². The van der Waals surface area contributed by atoms with Gasteiger partial charge in [-0.05, 0) is 19.3 Å². The first-order valence-electron chi connectivity index (χ1n) is 4.96. The number of hydrogen-bond donors (Lipinski definition) is 2. The molecule has 0 saturated heterocycles. The first-order chi connectivity index (χ1) is 6.38. The minimum atomic E-state index is 0.444. The Hall–Kier alpha value is -0.770. The average Bonchev–Trinajstić information content (AvgIpc) is 2.76. The first-order valence-corrected chi connectivity index (χ1v) is 4.96. The molecule has 4 nitrogen and oxygen atoms in total. The summed E-state index contributed by atoms with van der Waals surface area (Å²) in [6, 6.07) is 0.550. The molecule has 74 valence electrons. The van der Waals surface area contributed by atoms with E-state index in [0.29, 0.717) is 12.1 Å². The summed E-state index contributed by atoms with van der Waals surface area (Å²) in [4.78, 5) is 4.30. The highest BCUT2D eigenvalue weighted by Crippen LogP contribution is 2.21. The SMILES string of the molecule is COC1CCC(NC2=NCCN2)C1. The van der Waals surface area contributed by atoms with Crippen LogP contribution < -0.4 is 10.6 Å². The molecule has 0 bridgehead atoms. The van der Waals surface area contributed by atoms with Crippen LogP contribution in [0.4, 0.5) is 0 Å². The number of rotatable bonds is 2. The third-order valence-corrected chi connectivity index (χ3v) is 2.73. The van der Waals surface area contributed by atoms with Gasteiger partial charge in [-0.15, -0.1) is 0 Å². The van der Waals surface area contributed by atoms with Gasteiger partial charge in [0.1, 0.15) is 0 Å². The molecule has 0 aromatic rings. The zero-order valence-corrected chi connectivity index (χ0v) is 8.05. The quantitative estimate of drug-likeness (QED) is 0.638. The predicted molar refractivity (Wildman–Crippen MR) is 51.9 cm³/mol. The Morgan fingerprint density at radius 3 is 3.08 bits per heavy atom. The van der Waals surface area contributed by atoms with Crippen LogP contribution in [-0.4, -0.2) is 38.3 Å². The van der Waals surface area contributed by atoms with Crippen LogP contribution >= 0.6 is 0 Å². The molecule has 2 atom stereocenters. The van der Waals surface area contributed by atoms with E-state index in [9.17, 15) is 0 Å². The van der Waals surface area contributed by atoms with Gasteiger partial charge in [0.25, 0.3) is 0 Å². The van der Waals surface area contributed by atoms with Gasteiger partial charge >= 0.3 is 0 Å². The number of guanidine groups is 1. The lowest BCUT2D eigenvalue weighted by molar-refractivity contribution is 0.107. The highest BCUT2D eigenvalue weighted by atomic mass is 16.5. The van der Waals surface area contributed by atoms with Crippen molar-refractivity contribution in [2.45, 2.75) is 31.4 Å². The molecule has 0 spiro atoms. The monoisotopic (exact) mass is 183 g/mol. The van der Waals surface area contributed by atoms with Gasteiger partial charge in [-0.25, -0.2) is 0 Å². The van der Waals surface area contributed by atoms with Crippen molar-refractivity contribution in [1.29, 1.82) is 0 Å². The number of hydrogen-bond acceptors (Lipinski definition) is 4. The lowest BCUT2D eigenvalue weighted by Gasteiger charge is -2.13. The zero-order valence-electron chi connectivity index (χ0n) is 8.05. The Morgan fingerprint density at radius 1 is 1.54 bits per heavy atom. The summed E-state index contributed by atoms with van der Waals surface area (Å²) in [5, 5.41) is 6.62. The maximum atomic E-state index is 5.31. The van der Waals surface area contributed by atoms with Gasteiger partial charge in [-0.2, -0.15) is 0 Å². The van der Waals surface area contributed by atoms with Crippen LogP contribution in [0.1, 0.15) is 19.3 Å². The smallest absolute Gasteiger partial charge is 0.191 e. The largest absolute Gasteiger partial charge is 0.381 e. The number of ether oxygens (including phenoxy) is 1. The topological polar surface area (TPSA) is 45.6 Å². The van der Waals surface area contributed by atoms with Crippen molar-refractivity contribution in [3.63, 3.8) is 0 Å². The molecule has 1 heterocycles. The molecule has 2 rings (SSSR count). The van der Waals surface area contributed by atoms with Crippen LogP contribution in [0.2, 0.25) is 0 Å². The van der Waals surface area contributed by atoms with E-state index in [4.69, 9.17) is 4.74 Å². The summed E-state index contributed by atoms with van der Waals surface area (Å²) in [6.45, 7) is 1.88. The minimum absolute atomic E-state index is 0.444. The zero-order chi connectivity index (χ0) is 9.10. The van der Waals surface area contributed by atoms with Gasteiger partial charge in [0.2, 0.25) is 0 Å². The summed E-state index contributed by atoms with van der Waals surface area (Å²) < 4.78 is 5.31. The van der Waals surface area contributed by atoms with E-state index in [0.717, 1.165) is 25.5 Å². The first kappa shape index (κ1) is 8.81. The van der Waals surface area contributed by atoms with Crippen molar-refractivity contribution in [3.05, 3.63) is 0 Å². The molecule has 2 N–H and O–H groups in total. The Balaban J connectivity index is 1.76. The average molecular weight is 183 g/mol. The number of nitrogens with zero attached hydrogens (tertiary/aromatic N) is 1. The standard InChI is InChI=1S/C9H17N3O/c1-13-8-3-2-7(6-8)12-9-10-4-5-11-9/h7-8H,2-6H2,1H3,(H2,10,11,12). The van der Waals surface area contributed by atoms with E-state index in [1.54, 1.807) is 7.11 Å². The van der Waals surface area contributed by atoms with Crippen LogP contribution in [0.3, 0.4) is 0 Å². The fraction of sp³-hybridized carbons (Fsp3) is 0.889. The van der Waals surface area contributed by atoms with Gasteiger partial charge in [-0.1, -0.05) is 0 Å². The van der Waals surface area contributed by atoms with Crippen LogP contribution in [0.15, 0.2) is 4.99 Å². The van der Waals surface area contributed by atoms with E-state index >= 15 is 0 Å². The van der Waals surface area contributed by atoms with E-state index in [2.05, 4.69) is 15.6 Å². The molecule has 1 aliphatic heterocycles. The summed E-state index contributed by atoms with van der Waals surface area (Å²) >= 11 is 0. The van der Waals surface area contributed by atoms with Gasteiger partial charge in [0, 0.05) is 19.7 Å². The van der Waals surface area contributed by atoms with Gasteiger partial charge in [-0.3, -0.25) is 4.99 Å². The molecule has 4 heteroatoms. The van der Waals surface area contributed by atoms with E-state index in [1.807, 2.05) is 0 Å². The van der Waals surface area contributed by atoms with Crippen LogP contribution in [0, 0.1) is 0 Å². The van der Waals surface area contributed by atoms with E-state index in [-0.39, 0.29) is 0 Å². The van der Waals surface area contributed by atoms with Crippen LogP contribution in [-0.2, 0) is 4.74 Å². The fourth-order valence-corrected chi connectivity index (χ4v) is 1.97. The Morgan fingerprint density at radius 2 is 2.46 bits per heavy atom. The maximum absolute atomic E-state index is 5.31. The van der Waals surface area contributed by atoms with Crippen molar-refractivity contribution in [2.24, 2.45) is 4.99 Å². The molecule has 1 fully saturated rings. The molecule has 0 aromatic heterocycles. The third kappa shape index (κ3) is 2.12. The molecule has 0 radical (unpaired) electrons. The maximum Gasteiger partial charge on any atom is 0.191 e. The second kappa shape index (κ2) is 3.96. The van der Waals surface area contributed by atoms with Crippen LogP contribution in [0.5, 0.6) is 0 Å². The molecule has 1 saturated carbocycles. The van der Waals surface area contributed by atoms with Gasteiger partial charge in [0.05, 0.1) is 12.6 Å². The predicted octanol–water partition coefficient (Wildman–Crippen LogP) is 0.103. The number of nitrogens with one attached hydrogen (secondary N) is 2. The summed E-state index contributed by atoms with van der Waals surface area (Å²) in [6.07, 6.45) is 3.91. The second-order valence-corrected chi connectivity index (χ2v) is 3.67. The Labute approximate surface area is 78.8 Å². The van der Waals surface area contributed by atoms with Gasteiger partial charge < -0.3 is 15.4 Å². The second-order valence-electron chi connectivity index (χ2n) is 3.67. The lowest BCUT2D eigenvalue weighted by atomic mass is 10.2. The van der Waals surface area contributed by atoms with Crippen molar-refractivity contribution >= 4 is 5.96 Å². The molecular formula is C9H17N3O.